The van der Waals surface area contributed by atoms with E-state index in [1.54, 1.807) is 6.07 Å². The number of ether oxygens (including phenoxy) is 1. The minimum absolute atomic E-state index is 0.269. The van der Waals surface area contributed by atoms with Gasteiger partial charge in [0.2, 0.25) is 0 Å². The van der Waals surface area contributed by atoms with Crippen LogP contribution in [0.1, 0.15) is 42.2 Å². The largest absolute Gasteiger partial charge is 0.487 e. The third-order valence-corrected chi connectivity index (χ3v) is 3.95. The lowest BCUT2D eigenvalue weighted by Gasteiger charge is -2.20. The summed E-state index contributed by atoms with van der Waals surface area (Å²) in [5.41, 5.74) is 2.96. The summed E-state index contributed by atoms with van der Waals surface area (Å²) >= 11 is 0. The first-order valence-electron chi connectivity index (χ1n) is 7.12. The van der Waals surface area contributed by atoms with Crippen molar-refractivity contribution < 1.29 is 14.2 Å². The maximum atomic E-state index is 13.5. The molecule has 110 valence electrons. The lowest BCUT2D eigenvalue weighted by molar-refractivity contribution is 0.131. The number of hydrogen-bond acceptors (Lipinski definition) is 2. The summed E-state index contributed by atoms with van der Waals surface area (Å²) in [5.74, 6) is 0.391. The van der Waals surface area contributed by atoms with Gasteiger partial charge >= 0.3 is 0 Å². The molecule has 0 aliphatic carbocycles. The van der Waals surface area contributed by atoms with Gasteiger partial charge in [-0.3, -0.25) is 0 Å². The van der Waals surface area contributed by atoms with Crippen LogP contribution in [0.2, 0.25) is 0 Å². The van der Waals surface area contributed by atoms with Crippen LogP contribution in [-0.4, -0.2) is 10.7 Å². The van der Waals surface area contributed by atoms with E-state index in [0.717, 1.165) is 23.3 Å². The third-order valence-electron chi connectivity index (χ3n) is 3.95. The number of aliphatic hydroxyl groups is 1. The van der Waals surface area contributed by atoms with E-state index in [0.29, 0.717) is 11.1 Å². The zero-order valence-corrected chi connectivity index (χ0v) is 12.5. The Morgan fingerprint density at radius 1 is 1.19 bits per heavy atom. The number of para-hydroxylation sites is 1. The van der Waals surface area contributed by atoms with Crippen molar-refractivity contribution in [2.24, 2.45) is 0 Å². The van der Waals surface area contributed by atoms with Crippen LogP contribution in [0, 0.1) is 12.7 Å². The van der Waals surface area contributed by atoms with E-state index < -0.39 is 6.10 Å². The summed E-state index contributed by atoms with van der Waals surface area (Å²) in [6, 6.07) is 10.2. The number of aryl methyl sites for hydroxylation is 1. The van der Waals surface area contributed by atoms with E-state index in [1.807, 2.05) is 39.0 Å². The molecule has 0 bridgehead atoms. The van der Waals surface area contributed by atoms with Crippen LogP contribution in [0.4, 0.5) is 4.39 Å². The van der Waals surface area contributed by atoms with Gasteiger partial charge in [0.25, 0.3) is 0 Å². The first kappa shape index (κ1) is 14.1. The van der Waals surface area contributed by atoms with E-state index >= 15 is 0 Å². The average molecular weight is 286 g/mol. The van der Waals surface area contributed by atoms with E-state index in [-0.39, 0.29) is 11.4 Å². The monoisotopic (exact) mass is 286 g/mol. The molecule has 1 N–H and O–H groups in total. The Morgan fingerprint density at radius 2 is 1.95 bits per heavy atom. The summed E-state index contributed by atoms with van der Waals surface area (Å²) in [7, 11) is 0. The van der Waals surface area contributed by atoms with Crippen LogP contribution in [0.25, 0.3) is 0 Å². The molecule has 3 heteroatoms. The van der Waals surface area contributed by atoms with Crippen molar-refractivity contribution in [2.75, 3.05) is 0 Å². The van der Waals surface area contributed by atoms with Gasteiger partial charge in [0, 0.05) is 12.0 Å². The average Bonchev–Trinajstić information content (AvgIpc) is 2.74. The number of rotatable bonds is 2. The van der Waals surface area contributed by atoms with Crippen molar-refractivity contribution in [3.05, 3.63) is 64.5 Å². The van der Waals surface area contributed by atoms with Gasteiger partial charge in [-0.05, 0) is 49.6 Å². The molecule has 21 heavy (non-hydrogen) atoms. The molecule has 1 heterocycles. The summed E-state index contributed by atoms with van der Waals surface area (Å²) in [6.07, 6.45) is -0.0741. The maximum Gasteiger partial charge on any atom is 0.129 e. The van der Waals surface area contributed by atoms with Gasteiger partial charge in [0.05, 0.1) is 0 Å². The lowest BCUT2D eigenvalue weighted by Crippen LogP contribution is -2.25. The zero-order chi connectivity index (χ0) is 15.2. The fourth-order valence-corrected chi connectivity index (χ4v) is 2.93. The summed E-state index contributed by atoms with van der Waals surface area (Å²) in [5, 5.41) is 10.7. The highest BCUT2D eigenvalue weighted by molar-refractivity contribution is 5.50. The van der Waals surface area contributed by atoms with Crippen LogP contribution < -0.4 is 4.74 Å². The second-order valence-electron chi connectivity index (χ2n) is 6.28. The minimum Gasteiger partial charge on any atom is -0.487 e. The third kappa shape index (κ3) is 2.54. The molecule has 2 nitrogen and oxygen atoms in total. The molecule has 1 unspecified atom stereocenters. The molecule has 0 fully saturated rings. The van der Waals surface area contributed by atoms with Gasteiger partial charge in [-0.25, -0.2) is 4.39 Å². The molecule has 2 aromatic rings. The van der Waals surface area contributed by atoms with E-state index in [1.165, 1.54) is 12.1 Å². The van der Waals surface area contributed by atoms with Crippen molar-refractivity contribution in [2.45, 2.75) is 38.9 Å². The first-order valence-corrected chi connectivity index (χ1v) is 7.12. The maximum absolute atomic E-state index is 13.5. The molecule has 2 aromatic carbocycles. The van der Waals surface area contributed by atoms with Crippen LogP contribution in [-0.2, 0) is 6.42 Å². The Bertz CT molecular complexity index is 692. The van der Waals surface area contributed by atoms with Gasteiger partial charge in [-0.15, -0.1) is 0 Å². The zero-order valence-electron chi connectivity index (χ0n) is 12.5. The molecule has 3 rings (SSSR count). The van der Waals surface area contributed by atoms with Crippen molar-refractivity contribution in [3.63, 3.8) is 0 Å². The quantitative estimate of drug-likeness (QED) is 0.906. The highest BCUT2D eigenvalue weighted by Crippen LogP contribution is 2.41. The molecule has 0 radical (unpaired) electrons. The normalized spacial score (nSPS) is 17.2. The van der Waals surface area contributed by atoms with E-state index in [2.05, 4.69) is 0 Å². The van der Waals surface area contributed by atoms with E-state index in [4.69, 9.17) is 4.74 Å². The second-order valence-corrected chi connectivity index (χ2v) is 6.28. The Balaban J connectivity index is 2.06. The van der Waals surface area contributed by atoms with Gasteiger partial charge in [0.1, 0.15) is 23.3 Å². The Hall–Kier alpha value is -1.87. The molecule has 0 spiro atoms. The van der Waals surface area contributed by atoms with Gasteiger partial charge in [-0.1, -0.05) is 24.3 Å². The topological polar surface area (TPSA) is 29.5 Å². The summed E-state index contributed by atoms with van der Waals surface area (Å²) < 4.78 is 19.5. The highest BCUT2D eigenvalue weighted by Gasteiger charge is 2.33. The second kappa shape index (κ2) is 4.85. The molecule has 0 saturated carbocycles. The standard InChI is InChI=1S/C18H19FO2/c1-11-7-8-13(19)9-15(11)16(20)14-6-4-5-12-10-18(2,3)21-17(12)14/h4-9,16,20H,10H2,1-3H3. The van der Waals surface area contributed by atoms with Crippen molar-refractivity contribution in [1.82, 2.24) is 0 Å². The smallest absolute Gasteiger partial charge is 0.129 e. The number of hydrogen-bond donors (Lipinski definition) is 1. The van der Waals surface area contributed by atoms with Crippen molar-refractivity contribution in [1.29, 1.82) is 0 Å². The Morgan fingerprint density at radius 3 is 2.71 bits per heavy atom. The van der Waals surface area contributed by atoms with Gasteiger partial charge in [-0.2, -0.15) is 0 Å². The van der Waals surface area contributed by atoms with Crippen LogP contribution >= 0.6 is 0 Å². The Labute approximate surface area is 124 Å². The summed E-state index contributed by atoms with van der Waals surface area (Å²) in [4.78, 5) is 0. The number of aliphatic hydroxyl groups excluding tert-OH is 1. The van der Waals surface area contributed by atoms with Crippen LogP contribution in [0.3, 0.4) is 0 Å². The molecule has 1 aliphatic heterocycles. The number of halogens is 1. The fourth-order valence-electron chi connectivity index (χ4n) is 2.93. The van der Waals surface area contributed by atoms with Crippen LogP contribution in [0.15, 0.2) is 36.4 Å². The van der Waals surface area contributed by atoms with E-state index in [9.17, 15) is 9.50 Å². The van der Waals surface area contributed by atoms with Gasteiger partial charge < -0.3 is 9.84 Å². The molecule has 0 amide bonds. The molecule has 0 saturated heterocycles. The minimum atomic E-state index is -0.885. The van der Waals surface area contributed by atoms with Crippen LogP contribution in [0.5, 0.6) is 5.75 Å². The molecule has 0 aromatic heterocycles. The first-order chi connectivity index (χ1) is 9.87. The van der Waals surface area contributed by atoms with Crippen molar-refractivity contribution in [3.8, 4) is 5.75 Å². The number of benzene rings is 2. The fraction of sp³-hybridized carbons (Fsp3) is 0.333. The molecular weight excluding hydrogens is 267 g/mol. The molecular formula is C18H19FO2. The predicted molar refractivity (Wildman–Crippen MR) is 80.1 cm³/mol. The highest BCUT2D eigenvalue weighted by atomic mass is 19.1. The SMILES string of the molecule is Cc1ccc(F)cc1C(O)c1cccc2c1OC(C)(C)C2. The molecule has 1 aliphatic rings. The summed E-state index contributed by atoms with van der Waals surface area (Å²) in [6.45, 7) is 5.92. The number of fused-ring (bicyclic) bond motifs is 1. The predicted octanol–water partition coefficient (Wildman–Crippen LogP) is 3.93. The molecule has 1 atom stereocenters. The Kier molecular flexibility index (Phi) is 3.25. The van der Waals surface area contributed by atoms with Crippen molar-refractivity contribution >= 4 is 0 Å². The van der Waals surface area contributed by atoms with Gasteiger partial charge in [0.15, 0.2) is 0 Å². The lowest BCUT2D eigenvalue weighted by atomic mass is 9.94.